The lowest BCUT2D eigenvalue weighted by molar-refractivity contribution is 0.291. The smallest absolute Gasteiger partial charge is 0.214 e. The van der Waals surface area contributed by atoms with E-state index in [0.717, 1.165) is 18.5 Å². The van der Waals surface area contributed by atoms with Gasteiger partial charge in [0.25, 0.3) is 0 Å². The van der Waals surface area contributed by atoms with E-state index in [9.17, 15) is 0 Å². The molecule has 2 rings (SSSR count). The van der Waals surface area contributed by atoms with Crippen molar-refractivity contribution in [3.05, 3.63) is 23.9 Å². The molecule has 2 nitrogen and oxygen atoms in total. The first-order valence-corrected chi connectivity index (χ1v) is 9.20. The van der Waals surface area contributed by atoms with E-state index in [0.29, 0.717) is 12.0 Å². The molecule has 1 aliphatic rings. The van der Waals surface area contributed by atoms with Crippen LogP contribution in [0.25, 0.3) is 0 Å². The van der Waals surface area contributed by atoms with Crippen molar-refractivity contribution < 1.29 is 4.74 Å². The third-order valence-corrected chi connectivity index (χ3v) is 2.98. The quantitative estimate of drug-likeness (QED) is 0.577. The lowest BCUT2D eigenvalue weighted by atomic mass is 10.4. The van der Waals surface area contributed by atoms with Crippen LogP contribution in [0.5, 0.6) is 5.88 Å². The zero-order valence-corrected chi connectivity index (χ0v) is 11.1. The van der Waals surface area contributed by atoms with Crippen molar-refractivity contribution in [2.45, 2.75) is 38.6 Å². The Labute approximate surface area is 98.1 Å². The van der Waals surface area contributed by atoms with Crippen molar-refractivity contribution in [1.29, 1.82) is 0 Å². The van der Waals surface area contributed by atoms with Gasteiger partial charge in [0.05, 0.1) is 0 Å². The Hall–Kier alpha value is -1.27. The molecule has 84 valence electrons. The predicted molar refractivity (Wildman–Crippen MR) is 68.1 cm³/mol. The van der Waals surface area contributed by atoms with E-state index >= 15 is 0 Å². The molecule has 0 aliphatic heterocycles. The predicted octanol–water partition coefficient (Wildman–Crippen LogP) is 2.85. The molecule has 1 fully saturated rings. The first-order valence-electron chi connectivity index (χ1n) is 5.70. The molecule has 1 heterocycles. The summed E-state index contributed by atoms with van der Waals surface area (Å²) in [5, 5.41) is 0. The van der Waals surface area contributed by atoms with Crippen molar-refractivity contribution in [3.8, 4) is 17.3 Å². The van der Waals surface area contributed by atoms with Crippen LogP contribution in [0.2, 0.25) is 19.6 Å². The SMILES string of the molecule is C[Si](C)(C)C#Cc1cccc(OC2CC2)n1. The lowest BCUT2D eigenvalue weighted by Gasteiger charge is -2.04. The summed E-state index contributed by atoms with van der Waals surface area (Å²) in [5.41, 5.74) is 4.13. The van der Waals surface area contributed by atoms with Gasteiger partial charge in [-0.3, -0.25) is 0 Å². The molecule has 0 amide bonds. The van der Waals surface area contributed by atoms with E-state index in [1.807, 2.05) is 18.2 Å². The molecule has 1 aromatic rings. The zero-order valence-electron chi connectivity index (χ0n) is 10.1. The minimum atomic E-state index is -1.32. The summed E-state index contributed by atoms with van der Waals surface area (Å²) in [6.45, 7) is 6.68. The van der Waals surface area contributed by atoms with Gasteiger partial charge in [0.2, 0.25) is 5.88 Å². The molecule has 0 saturated heterocycles. The van der Waals surface area contributed by atoms with Gasteiger partial charge < -0.3 is 4.74 Å². The van der Waals surface area contributed by atoms with Crippen molar-refractivity contribution in [3.63, 3.8) is 0 Å². The second-order valence-corrected chi connectivity index (χ2v) is 9.93. The van der Waals surface area contributed by atoms with Crippen molar-refractivity contribution >= 4 is 8.07 Å². The van der Waals surface area contributed by atoms with Crippen molar-refractivity contribution in [2.75, 3.05) is 0 Å². The molecule has 0 N–H and O–H groups in total. The Morgan fingerprint density at radius 2 is 2.06 bits per heavy atom. The van der Waals surface area contributed by atoms with Gasteiger partial charge in [0.15, 0.2) is 0 Å². The second kappa shape index (κ2) is 4.30. The highest BCUT2D eigenvalue weighted by atomic mass is 28.3. The topological polar surface area (TPSA) is 22.1 Å². The largest absolute Gasteiger partial charge is 0.474 e. The van der Waals surface area contributed by atoms with Crippen molar-refractivity contribution in [1.82, 2.24) is 4.98 Å². The molecule has 0 aromatic carbocycles. The molecule has 0 atom stereocenters. The van der Waals surface area contributed by atoms with Gasteiger partial charge in [0, 0.05) is 6.07 Å². The Balaban J connectivity index is 2.11. The summed E-state index contributed by atoms with van der Waals surface area (Å²) in [5.74, 6) is 3.85. The molecule has 1 saturated carbocycles. The first kappa shape index (κ1) is 11.2. The molecule has 0 radical (unpaired) electrons. The summed E-state index contributed by atoms with van der Waals surface area (Å²) in [6.07, 6.45) is 2.71. The zero-order chi connectivity index (χ0) is 11.6. The second-order valence-electron chi connectivity index (χ2n) is 5.18. The summed E-state index contributed by atoms with van der Waals surface area (Å²) in [4.78, 5) is 4.38. The van der Waals surface area contributed by atoms with Crippen LogP contribution >= 0.6 is 0 Å². The molecule has 3 heteroatoms. The average Bonchev–Trinajstić information content (AvgIpc) is 2.98. The van der Waals surface area contributed by atoms with Gasteiger partial charge in [-0.2, -0.15) is 0 Å². The number of hydrogen-bond donors (Lipinski definition) is 0. The monoisotopic (exact) mass is 231 g/mol. The van der Waals surface area contributed by atoms with Gasteiger partial charge in [-0.05, 0) is 18.9 Å². The maximum Gasteiger partial charge on any atom is 0.214 e. The number of pyridine rings is 1. The molecule has 0 unspecified atom stereocenters. The van der Waals surface area contributed by atoms with Crippen LogP contribution in [0.3, 0.4) is 0 Å². The molecule has 1 aromatic heterocycles. The van der Waals surface area contributed by atoms with Gasteiger partial charge in [-0.25, -0.2) is 4.98 Å². The number of hydrogen-bond acceptors (Lipinski definition) is 2. The maximum absolute atomic E-state index is 5.63. The molecule has 16 heavy (non-hydrogen) atoms. The molecule has 1 aliphatic carbocycles. The van der Waals surface area contributed by atoms with Gasteiger partial charge >= 0.3 is 0 Å². The summed E-state index contributed by atoms with van der Waals surface area (Å²) in [7, 11) is -1.32. The van der Waals surface area contributed by atoms with Crippen LogP contribution in [0.1, 0.15) is 18.5 Å². The fourth-order valence-corrected chi connectivity index (χ4v) is 1.66. The van der Waals surface area contributed by atoms with Crippen LogP contribution in [0.4, 0.5) is 0 Å². The summed E-state index contributed by atoms with van der Waals surface area (Å²) < 4.78 is 5.63. The van der Waals surface area contributed by atoms with E-state index in [4.69, 9.17) is 4.74 Å². The van der Waals surface area contributed by atoms with Gasteiger partial charge in [-0.15, -0.1) is 5.54 Å². The lowest BCUT2D eigenvalue weighted by Crippen LogP contribution is -2.16. The molecule has 0 bridgehead atoms. The van der Waals surface area contributed by atoms with E-state index < -0.39 is 8.07 Å². The van der Waals surface area contributed by atoms with Crippen molar-refractivity contribution in [2.24, 2.45) is 0 Å². The van der Waals surface area contributed by atoms with Gasteiger partial charge in [0.1, 0.15) is 19.9 Å². The number of aromatic nitrogens is 1. The summed E-state index contributed by atoms with van der Waals surface area (Å²) in [6, 6.07) is 5.80. The highest BCUT2D eigenvalue weighted by Crippen LogP contribution is 2.25. The average molecular weight is 231 g/mol. The fraction of sp³-hybridized carbons (Fsp3) is 0.462. The van der Waals surface area contributed by atoms with E-state index in [1.54, 1.807) is 0 Å². The van der Waals surface area contributed by atoms with Gasteiger partial charge in [-0.1, -0.05) is 31.6 Å². The standard InChI is InChI=1S/C13H17NOSi/c1-16(2,3)10-9-11-5-4-6-13(14-11)15-12-7-8-12/h4-6,12H,7-8H2,1-3H3. The highest BCUT2D eigenvalue weighted by Gasteiger charge is 2.23. The Bertz CT molecular complexity index is 435. The maximum atomic E-state index is 5.63. The molecular formula is C13H17NOSi. The molecule has 0 spiro atoms. The molecular weight excluding hydrogens is 214 g/mol. The van der Waals surface area contributed by atoms with E-state index in [-0.39, 0.29) is 0 Å². The van der Waals surface area contributed by atoms with Crippen LogP contribution in [0.15, 0.2) is 18.2 Å². The van der Waals surface area contributed by atoms with E-state index in [2.05, 4.69) is 36.1 Å². The van der Waals surface area contributed by atoms with Crippen LogP contribution < -0.4 is 4.74 Å². The minimum absolute atomic E-state index is 0.396. The Morgan fingerprint density at radius 1 is 1.31 bits per heavy atom. The highest BCUT2D eigenvalue weighted by molar-refractivity contribution is 6.83. The third kappa shape index (κ3) is 3.71. The van der Waals surface area contributed by atoms with E-state index in [1.165, 1.54) is 0 Å². The number of ether oxygens (including phenoxy) is 1. The number of rotatable bonds is 2. The fourth-order valence-electron chi connectivity index (χ4n) is 1.16. The number of nitrogens with zero attached hydrogens (tertiary/aromatic N) is 1. The van der Waals surface area contributed by atoms with Crippen LogP contribution in [-0.2, 0) is 0 Å². The first-order chi connectivity index (χ1) is 7.53. The van der Waals surface area contributed by atoms with Crippen LogP contribution in [0, 0.1) is 11.5 Å². The summed E-state index contributed by atoms with van der Waals surface area (Å²) >= 11 is 0. The Kier molecular flexibility index (Phi) is 3.02. The third-order valence-electron chi connectivity index (χ3n) is 2.10. The normalized spacial score (nSPS) is 15.2. The minimum Gasteiger partial charge on any atom is -0.474 e. The Morgan fingerprint density at radius 3 is 2.69 bits per heavy atom. The van der Waals surface area contributed by atoms with Crippen LogP contribution in [-0.4, -0.2) is 19.2 Å².